The summed E-state index contributed by atoms with van der Waals surface area (Å²) >= 11 is 0. The summed E-state index contributed by atoms with van der Waals surface area (Å²) in [5.41, 5.74) is 0.391. The van der Waals surface area contributed by atoms with Crippen molar-refractivity contribution in [3.63, 3.8) is 0 Å². The summed E-state index contributed by atoms with van der Waals surface area (Å²) in [5.74, 6) is 0.709. The molecule has 1 aromatic heterocycles. The van der Waals surface area contributed by atoms with E-state index in [2.05, 4.69) is 10.3 Å². The van der Waals surface area contributed by atoms with Gasteiger partial charge in [0.05, 0.1) is 12.6 Å². The van der Waals surface area contributed by atoms with E-state index in [9.17, 15) is 9.59 Å². The molecule has 7 nitrogen and oxygen atoms in total. The van der Waals surface area contributed by atoms with Crippen molar-refractivity contribution in [1.29, 1.82) is 0 Å². The average Bonchev–Trinajstić information content (AvgIpc) is 2.93. The number of ether oxygens (including phenoxy) is 1. The summed E-state index contributed by atoms with van der Waals surface area (Å²) in [4.78, 5) is 30.4. The summed E-state index contributed by atoms with van der Waals surface area (Å²) in [7, 11) is 1.59. The first kappa shape index (κ1) is 16.5. The molecule has 1 aromatic rings. The number of hydrogen-bond donors (Lipinski definition) is 1. The van der Waals surface area contributed by atoms with E-state index < -0.39 is 0 Å². The van der Waals surface area contributed by atoms with Gasteiger partial charge in [-0.05, 0) is 13.3 Å². The lowest BCUT2D eigenvalue weighted by Gasteiger charge is -2.33. The minimum atomic E-state index is -0.211. The number of rotatable bonds is 6. The van der Waals surface area contributed by atoms with Crippen molar-refractivity contribution < 1.29 is 14.3 Å². The molecule has 22 heavy (non-hydrogen) atoms. The van der Waals surface area contributed by atoms with Crippen LogP contribution in [0.3, 0.4) is 0 Å². The minimum absolute atomic E-state index is 0.103. The maximum absolute atomic E-state index is 12.1. The highest BCUT2D eigenvalue weighted by Crippen LogP contribution is 2.25. The van der Waals surface area contributed by atoms with Crippen LogP contribution in [0.1, 0.15) is 49.0 Å². The Balaban J connectivity index is 2.08. The molecule has 1 aliphatic heterocycles. The fourth-order valence-electron chi connectivity index (χ4n) is 2.66. The predicted octanol–water partition coefficient (Wildman–Crippen LogP) is 0.963. The van der Waals surface area contributed by atoms with Crippen molar-refractivity contribution in [3.8, 4) is 0 Å². The molecule has 1 N–H and O–H groups in total. The van der Waals surface area contributed by atoms with Gasteiger partial charge in [-0.15, -0.1) is 0 Å². The molecule has 1 atom stereocenters. The Morgan fingerprint density at radius 3 is 2.91 bits per heavy atom. The van der Waals surface area contributed by atoms with Gasteiger partial charge in [-0.1, -0.05) is 6.92 Å². The molecule has 0 saturated heterocycles. The molecule has 2 rings (SSSR count). The van der Waals surface area contributed by atoms with Gasteiger partial charge in [-0.25, -0.2) is 4.98 Å². The van der Waals surface area contributed by atoms with Crippen molar-refractivity contribution in [3.05, 3.63) is 17.7 Å². The molecule has 2 heterocycles. The number of methoxy groups -OCH3 is 1. The molecular weight excluding hydrogens is 284 g/mol. The van der Waals surface area contributed by atoms with Gasteiger partial charge in [-0.2, -0.15) is 0 Å². The zero-order chi connectivity index (χ0) is 16.1. The van der Waals surface area contributed by atoms with Gasteiger partial charge in [0.15, 0.2) is 0 Å². The molecule has 0 radical (unpaired) electrons. The van der Waals surface area contributed by atoms with Crippen LogP contribution < -0.4 is 5.32 Å². The third kappa shape index (κ3) is 3.47. The predicted molar refractivity (Wildman–Crippen MR) is 81.5 cm³/mol. The van der Waals surface area contributed by atoms with Crippen LogP contribution in [-0.2, 0) is 16.1 Å². The van der Waals surface area contributed by atoms with Crippen molar-refractivity contribution in [2.75, 3.05) is 26.8 Å². The maximum Gasteiger partial charge on any atom is 0.271 e. The Kier molecular flexibility index (Phi) is 5.54. The highest BCUT2D eigenvalue weighted by atomic mass is 16.5. The quantitative estimate of drug-likeness (QED) is 0.794. The van der Waals surface area contributed by atoms with Crippen LogP contribution in [0.5, 0.6) is 0 Å². The molecule has 0 spiro atoms. The van der Waals surface area contributed by atoms with E-state index in [1.807, 2.05) is 23.3 Å². The summed E-state index contributed by atoms with van der Waals surface area (Å²) in [6.07, 6.45) is 3.15. The fourth-order valence-corrected chi connectivity index (χ4v) is 2.66. The average molecular weight is 308 g/mol. The van der Waals surface area contributed by atoms with Gasteiger partial charge < -0.3 is 19.5 Å². The normalized spacial score (nSPS) is 17.2. The van der Waals surface area contributed by atoms with E-state index >= 15 is 0 Å². The molecule has 122 valence electrons. The van der Waals surface area contributed by atoms with E-state index in [1.165, 1.54) is 0 Å². The number of carbonyl (C=O) groups excluding carboxylic acids is 2. The molecule has 0 fully saturated rings. The highest BCUT2D eigenvalue weighted by Gasteiger charge is 2.29. The van der Waals surface area contributed by atoms with Crippen LogP contribution >= 0.6 is 0 Å². The van der Waals surface area contributed by atoms with Crippen LogP contribution in [0.4, 0.5) is 0 Å². The van der Waals surface area contributed by atoms with Gasteiger partial charge in [0.25, 0.3) is 5.91 Å². The SMILES string of the molecule is CCCC(=O)N1CCn2cc(C(=O)NCCOC)nc2C1C. The van der Waals surface area contributed by atoms with Crippen molar-refractivity contribution >= 4 is 11.8 Å². The fraction of sp³-hybridized carbons (Fsp3) is 0.667. The molecule has 0 aromatic carbocycles. The number of nitrogens with zero attached hydrogens (tertiary/aromatic N) is 3. The van der Waals surface area contributed by atoms with Crippen LogP contribution in [0.15, 0.2) is 6.20 Å². The lowest BCUT2D eigenvalue weighted by Crippen LogP contribution is -2.40. The first-order valence-corrected chi connectivity index (χ1v) is 7.72. The zero-order valence-electron chi connectivity index (χ0n) is 13.5. The van der Waals surface area contributed by atoms with E-state index in [-0.39, 0.29) is 17.9 Å². The number of hydrogen-bond acceptors (Lipinski definition) is 4. The van der Waals surface area contributed by atoms with E-state index in [0.717, 1.165) is 12.2 Å². The third-order valence-corrected chi connectivity index (χ3v) is 3.84. The molecule has 0 saturated carbocycles. The third-order valence-electron chi connectivity index (χ3n) is 3.84. The Morgan fingerprint density at radius 1 is 1.45 bits per heavy atom. The Morgan fingerprint density at radius 2 is 2.23 bits per heavy atom. The molecule has 2 amide bonds. The first-order valence-electron chi connectivity index (χ1n) is 7.72. The zero-order valence-corrected chi connectivity index (χ0v) is 13.5. The smallest absolute Gasteiger partial charge is 0.271 e. The standard InChI is InChI=1S/C15H24N4O3/c1-4-5-13(20)19-8-7-18-10-12(17-14(18)11(19)2)15(21)16-6-9-22-3/h10-11H,4-9H2,1-3H3,(H,16,21). The van der Waals surface area contributed by atoms with Gasteiger partial charge in [0, 0.05) is 39.4 Å². The number of carbonyl (C=O) groups is 2. The van der Waals surface area contributed by atoms with Crippen LogP contribution in [0, 0.1) is 0 Å². The molecular formula is C15H24N4O3. The second kappa shape index (κ2) is 7.40. The van der Waals surface area contributed by atoms with Gasteiger partial charge in [0.1, 0.15) is 11.5 Å². The number of amides is 2. The molecule has 0 aliphatic carbocycles. The van der Waals surface area contributed by atoms with Crippen LogP contribution in [0.2, 0.25) is 0 Å². The molecule has 1 unspecified atom stereocenters. The van der Waals surface area contributed by atoms with Gasteiger partial charge in [-0.3, -0.25) is 9.59 Å². The minimum Gasteiger partial charge on any atom is -0.383 e. The Labute approximate surface area is 130 Å². The number of fused-ring (bicyclic) bond motifs is 1. The van der Waals surface area contributed by atoms with Crippen LogP contribution in [-0.4, -0.2) is 53.1 Å². The maximum atomic E-state index is 12.1. The lowest BCUT2D eigenvalue weighted by atomic mass is 10.2. The molecule has 1 aliphatic rings. The van der Waals surface area contributed by atoms with Crippen molar-refractivity contribution in [2.24, 2.45) is 0 Å². The van der Waals surface area contributed by atoms with E-state index in [0.29, 0.717) is 38.4 Å². The van der Waals surface area contributed by atoms with Gasteiger partial charge >= 0.3 is 0 Å². The summed E-state index contributed by atoms with van der Waals surface area (Å²) in [6, 6.07) is -0.103. The number of imidazole rings is 1. The lowest BCUT2D eigenvalue weighted by molar-refractivity contribution is -0.134. The Bertz CT molecular complexity index is 541. The second-order valence-electron chi connectivity index (χ2n) is 5.44. The van der Waals surface area contributed by atoms with Crippen molar-refractivity contribution in [2.45, 2.75) is 39.3 Å². The monoisotopic (exact) mass is 308 g/mol. The van der Waals surface area contributed by atoms with Crippen molar-refractivity contribution in [1.82, 2.24) is 19.8 Å². The number of aromatic nitrogens is 2. The molecule has 7 heteroatoms. The Hall–Kier alpha value is -1.89. The number of nitrogens with one attached hydrogen (secondary N) is 1. The van der Waals surface area contributed by atoms with E-state index in [1.54, 1.807) is 13.3 Å². The van der Waals surface area contributed by atoms with Crippen LogP contribution in [0.25, 0.3) is 0 Å². The first-order chi connectivity index (χ1) is 10.6. The summed E-state index contributed by atoms with van der Waals surface area (Å²) in [5, 5.41) is 2.76. The molecule has 0 bridgehead atoms. The second-order valence-corrected chi connectivity index (χ2v) is 5.44. The topological polar surface area (TPSA) is 76.5 Å². The van der Waals surface area contributed by atoms with Gasteiger partial charge in [0.2, 0.25) is 5.91 Å². The van der Waals surface area contributed by atoms with E-state index in [4.69, 9.17) is 4.74 Å². The summed E-state index contributed by atoms with van der Waals surface area (Å²) < 4.78 is 6.87. The largest absolute Gasteiger partial charge is 0.383 e. The summed E-state index contributed by atoms with van der Waals surface area (Å²) in [6.45, 7) is 6.21. The highest BCUT2D eigenvalue weighted by molar-refractivity contribution is 5.92.